The third-order valence-corrected chi connectivity index (χ3v) is 8.59. The number of likely N-dealkylation sites (N-methyl/N-ethyl adjacent to an activating group) is 1. The molecule has 204 valence electrons. The summed E-state index contributed by atoms with van der Waals surface area (Å²) in [4.78, 5) is 16.8. The monoisotopic (exact) mass is 534 g/mol. The van der Waals surface area contributed by atoms with Gasteiger partial charge in [0.1, 0.15) is 29.5 Å². The number of piperazine rings is 1. The van der Waals surface area contributed by atoms with Crippen LogP contribution in [0.1, 0.15) is 25.7 Å². The topological polar surface area (TPSA) is 78.5 Å². The van der Waals surface area contributed by atoms with Crippen LogP contribution in [0.15, 0.2) is 30.5 Å². The number of H-pyrrole nitrogens is 1. The van der Waals surface area contributed by atoms with Crippen molar-refractivity contribution < 1.29 is 18.3 Å². The molecule has 2 N–H and O–H groups in total. The molecule has 5 heterocycles. The molecule has 8 nitrogen and oxygen atoms in total. The number of hydrogen-bond donors (Lipinski definition) is 2. The van der Waals surface area contributed by atoms with E-state index in [2.05, 4.69) is 32.1 Å². The van der Waals surface area contributed by atoms with E-state index in [0.717, 1.165) is 50.8 Å². The standard InChI is InChI=1S/C29H32F2N6O2/c1-36-9-3-4-18(36)15-39-29-34-27-21(28(35-29)37-13-16-5-6-17(14-37)33-16)11-23(30)25(26(27)31)22-12-32-24-10-19(38-2)7-8-20(22)24/h7-8,10-12,16-18,32-33H,3-6,9,13-15H2,1-2H3/t16?,17?,18-/m0/s1. The second kappa shape index (κ2) is 9.60. The van der Waals surface area contributed by atoms with Gasteiger partial charge in [0, 0.05) is 65.3 Å². The molecule has 7 rings (SSSR count). The van der Waals surface area contributed by atoms with Gasteiger partial charge in [-0.2, -0.15) is 9.97 Å². The Kier molecular flexibility index (Phi) is 6.04. The molecule has 3 fully saturated rings. The van der Waals surface area contributed by atoms with Gasteiger partial charge in [0.25, 0.3) is 0 Å². The maximum atomic E-state index is 16.4. The minimum absolute atomic E-state index is 0.0694. The van der Waals surface area contributed by atoms with E-state index in [9.17, 15) is 0 Å². The van der Waals surface area contributed by atoms with E-state index in [0.29, 0.717) is 46.6 Å². The molecule has 3 aliphatic rings. The maximum Gasteiger partial charge on any atom is 0.319 e. The van der Waals surface area contributed by atoms with Gasteiger partial charge in [0.15, 0.2) is 5.82 Å². The molecular formula is C29H32F2N6O2. The Bertz CT molecular complexity index is 1550. The quantitative estimate of drug-likeness (QED) is 0.378. The average Bonchev–Trinajstić information content (AvgIpc) is 3.65. The molecular weight excluding hydrogens is 502 g/mol. The molecule has 3 aliphatic heterocycles. The van der Waals surface area contributed by atoms with Gasteiger partial charge in [0.05, 0.1) is 12.7 Å². The van der Waals surface area contributed by atoms with E-state index in [-0.39, 0.29) is 23.1 Å². The largest absolute Gasteiger partial charge is 0.497 e. The van der Waals surface area contributed by atoms with Crippen LogP contribution in [0.4, 0.5) is 14.6 Å². The maximum absolute atomic E-state index is 16.4. The van der Waals surface area contributed by atoms with E-state index in [4.69, 9.17) is 14.5 Å². The Morgan fingerprint density at radius 2 is 1.87 bits per heavy atom. The minimum atomic E-state index is -0.716. The number of rotatable bonds is 6. The number of methoxy groups -OCH3 is 1. The molecule has 2 aromatic carbocycles. The van der Waals surface area contributed by atoms with E-state index in [1.807, 2.05) is 0 Å². The van der Waals surface area contributed by atoms with E-state index >= 15 is 8.78 Å². The fourth-order valence-corrected chi connectivity index (χ4v) is 6.48. The van der Waals surface area contributed by atoms with Crippen LogP contribution >= 0.6 is 0 Å². The molecule has 0 saturated carbocycles. The first-order valence-electron chi connectivity index (χ1n) is 13.7. The van der Waals surface area contributed by atoms with Crippen molar-refractivity contribution in [2.24, 2.45) is 0 Å². The number of ether oxygens (including phenoxy) is 2. The number of benzene rings is 2. The Morgan fingerprint density at radius 3 is 2.62 bits per heavy atom. The average molecular weight is 535 g/mol. The SMILES string of the molecule is COc1ccc2c(-c3c(F)cc4c(N5CC6CCC(C5)N6)nc(OC[C@@H]5CCCN5C)nc4c3F)c[nH]c2c1. The van der Waals surface area contributed by atoms with Crippen molar-refractivity contribution in [2.45, 2.75) is 43.8 Å². The summed E-state index contributed by atoms with van der Waals surface area (Å²) in [6, 6.07) is 7.83. The molecule has 4 aromatic rings. The molecule has 2 bridgehead atoms. The van der Waals surface area contributed by atoms with Crippen molar-refractivity contribution >= 4 is 27.6 Å². The molecule has 10 heteroatoms. The van der Waals surface area contributed by atoms with Crippen LogP contribution in [0, 0.1) is 11.6 Å². The second-order valence-corrected chi connectivity index (χ2v) is 11.0. The van der Waals surface area contributed by atoms with Gasteiger partial charge in [-0.3, -0.25) is 0 Å². The molecule has 0 aliphatic carbocycles. The third kappa shape index (κ3) is 4.26. The lowest BCUT2D eigenvalue weighted by molar-refractivity contribution is 0.188. The van der Waals surface area contributed by atoms with E-state index in [1.54, 1.807) is 31.5 Å². The van der Waals surface area contributed by atoms with Crippen LogP contribution in [0.2, 0.25) is 0 Å². The minimum Gasteiger partial charge on any atom is -0.497 e. The smallest absolute Gasteiger partial charge is 0.319 e. The zero-order chi connectivity index (χ0) is 26.7. The summed E-state index contributed by atoms with van der Waals surface area (Å²) in [6.07, 6.45) is 5.94. The number of likely N-dealkylation sites (tertiary alicyclic amines) is 1. The van der Waals surface area contributed by atoms with Gasteiger partial charge in [-0.15, -0.1) is 0 Å². The van der Waals surface area contributed by atoms with Gasteiger partial charge in [-0.25, -0.2) is 8.78 Å². The lowest BCUT2D eigenvalue weighted by atomic mass is 10.0. The first-order valence-corrected chi connectivity index (χ1v) is 13.7. The molecule has 0 amide bonds. The number of fused-ring (bicyclic) bond motifs is 4. The van der Waals surface area contributed by atoms with Gasteiger partial charge >= 0.3 is 6.01 Å². The molecule has 2 aromatic heterocycles. The normalized spacial score (nSPS) is 23.3. The predicted molar refractivity (Wildman–Crippen MR) is 147 cm³/mol. The number of nitrogens with one attached hydrogen (secondary N) is 2. The first-order chi connectivity index (χ1) is 19.0. The van der Waals surface area contributed by atoms with Crippen molar-refractivity contribution in [3.05, 3.63) is 42.1 Å². The summed E-state index contributed by atoms with van der Waals surface area (Å²) < 4.78 is 43.6. The van der Waals surface area contributed by atoms with Crippen molar-refractivity contribution in [1.82, 2.24) is 25.2 Å². The number of aromatic amines is 1. The highest BCUT2D eigenvalue weighted by Gasteiger charge is 2.34. The molecule has 0 spiro atoms. The number of halogens is 2. The molecule has 2 unspecified atom stereocenters. The number of anilines is 1. The summed E-state index contributed by atoms with van der Waals surface area (Å²) in [5.41, 5.74) is 1.11. The fourth-order valence-electron chi connectivity index (χ4n) is 6.48. The predicted octanol–water partition coefficient (Wildman–Crippen LogP) is 4.48. The van der Waals surface area contributed by atoms with E-state index in [1.165, 1.54) is 6.07 Å². The lowest BCUT2D eigenvalue weighted by Gasteiger charge is -2.34. The summed E-state index contributed by atoms with van der Waals surface area (Å²) >= 11 is 0. The van der Waals surface area contributed by atoms with Crippen molar-refractivity contribution in [2.75, 3.05) is 45.3 Å². The summed E-state index contributed by atoms with van der Waals surface area (Å²) in [7, 11) is 3.66. The van der Waals surface area contributed by atoms with Crippen LogP contribution in [0.25, 0.3) is 32.9 Å². The number of aromatic nitrogens is 3. The zero-order valence-electron chi connectivity index (χ0n) is 22.1. The highest BCUT2D eigenvalue weighted by molar-refractivity contribution is 6.00. The highest BCUT2D eigenvalue weighted by atomic mass is 19.1. The summed E-state index contributed by atoms with van der Waals surface area (Å²) in [5.74, 6) is -0.180. The van der Waals surface area contributed by atoms with Gasteiger partial charge in [-0.1, -0.05) is 0 Å². The second-order valence-electron chi connectivity index (χ2n) is 11.0. The highest BCUT2D eigenvalue weighted by Crippen LogP contribution is 2.39. The van der Waals surface area contributed by atoms with Gasteiger partial charge in [-0.05, 0) is 57.5 Å². The third-order valence-electron chi connectivity index (χ3n) is 8.59. The molecule has 0 radical (unpaired) electrons. The van der Waals surface area contributed by atoms with Crippen LogP contribution in [-0.4, -0.2) is 78.4 Å². The number of hydrogen-bond acceptors (Lipinski definition) is 7. The molecule has 39 heavy (non-hydrogen) atoms. The summed E-state index contributed by atoms with van der Waals surface area (Å²) in [6.45, 7) is 2.90. The Labute approximate surface area is 225 Å². The Morgan fingerprint density at radius 1 is 1.05 bits per heavy atom. The number of nitrogens with zero attached hydrogens (tertiary/aromatic N) is 4. The van der Waals surface area contributed by atoms with Crippen LogP contribution in [0.3, 0.4) is 0 Å². The van der Waals surface area contributed by atoms with Gasteiger partial charge in [0.2, 0.25) is 0 Å². The van der Waals surface area contributed by atoms with Crippen LogP contribution < -0.4 is 19.7 Å². The Hall–Kier alpha value is -3.50. The van der Waals surface area contributed by atoms with Crippen LogP contribution in [0.5, 0.6) is 11.8 Å². The van der Waals surface area contributed by atoms with Crippen LogP contribution in [-0.2, 0) is 0 Å². The van der Waals surface area contributed by atoms with E-state index < -0.39 is 11.6 Å². The fraction of sp³-hybridized carbons (Fsp3) is 0.448. The molecule has 3 saturated heterocycles. The molecule has 3 atom stereocenters. The van der Waals surface area contributed by atoms with Gasteiger partial charge < -0.3 is 29.6 Å². The first kappa shape index (κ1) is 24.5. The summed E-state index contributed by atoms with van der Waals surface area (Å²) in [5, 5.41) is 4.67. The zero-order valence-corrected chi connectivity index (χ0v) is 22.1. The van der Waals surface area contributed by atoms with Crippen molar-refractivity contribution in [1.29, 1.82) is 0 Å². The van der Waals surface area contributed by atoms with Crippen molar-refractivity contribution in [3.63, 3.8) is 0 Å². The van der Waals surface area contributed by atoms with Crippen molar-refractivity contribution in [3.8, 4) is 22.9 Å². The lowest BCUT2D eigenvalue weighted by Crippen LogP contribution is -2.51. The Balaban J connectivity index is 1.35.